The van der Waals surface area contributed by atoms with Gasteiger partial charge in [0.15, 0.2) is 0 Å². The molecule has 2 aromatic carbocycles. The fraction of sp³-hybridized carbons (Fsp3) is 0.222. The molecule has 6 heteroatoms. The standard InChI is InChI=1S/C18H19ClN2O3/c1-12(13-7-3-5-9-15(13)19)21-17(22)11-20-18(23)14-8-4-6-10-16(14)24-2/h3-10,12H,11H2,1-2H3,(H,20,23)(H,21,22). The molecule has 0 fully saturated rings. The molecule has 2 N–H and O–H groups in total. The first-order valence-corrected chi connectivity index (χ1v) is 7.85. The molecule has 0 aliphatic carbocycles. The van der Waals surface area contributed by atoms with Crippen LogP contribution in [0.3, 0.4) is 0 Å². The maximum Gasteiger partial charge on any atom is 0.255 e. The Bertz CT molecular complexity index is 734. The highest BCUT2D eigenvalue weighted by Crippen LogP contribution is 2.22. The van der Waals surface area contributed by atoms with E-state index in [1.165, 1.54) is 7.11 Å². The number of nitrogens with one attached hydrogen (secondary N) is 2. The average Bonchev–Trinajstić information content (AvgIpc) is 2.59. The summed E-state index contributed by atoms with van der Waals surface area (Å²) in [6, 6.07) is 13.9. The number of carbonyl (C=O) groups excluding carboxylic acids is 2. The van der Waals surface area contributed by atoms with E-state index < -0.39 is 0 Å². The van der Waals surface area contributed by atoms with Gasteiger partial charge in [-0.15, -0.1) is 0 Å². The number of methoxy groups -OCH3 is 1. The Morgan fingerprint density at radius 1 is 1.12 bits per heavy atom. The van der Waals surface area contributed by atoms with E-state index in [1.807, 2.05) is 25.1 Å². The van der Waals surface area contributed by atoms with Gasteiger partial charge < -0.3 is 15.4 Å². The van der Waals surface area contributed by atoms with Crippen LogP contribution < -0.4 is 15.4 Å². The smallest absolute Gasteiger partial charge is 0.255 e. The number of amides is 2. The molecule has 126 valence electrons. The van der Waals surface area contributed by atoms with Gasteiger partial charge in [-0.2, -0.15) is 0 Å². The van der Waals surface area contributed by atoms with Crippen molar-refractivity contribution < 1.29 is 14.3 Å². The van der Waals surface area contributed by atoms with Gasteiger partial charge in [0.05, 0.1) is 25.3 Å². The van der Waals surface area contributed by atoms with Crippen LogP contribution in [0, 0.1) is 0 Å². The van der Waals surface area contributed by atoms with Gasteiger partial charge in [0.25, 0.3) is 5.91 Å². The topological polar surface area (TPSA) is 67.4 Å². The fourth-order valence-corrected chi connectivity index (χ4v) is 2.58. The molecule has 0 aliphatic heterocycles. The summed E-state index contributed by atoms with van der Waals surface area (Å²) in [7, 11) is 1.49. The van der Waals surface area contributed by atoms with Crippen LogP contribution in [-0.4, -0.2) is 25.5 Å². The Morgan fingerprint density at radius 2 is 1.79 bits per heavy atom. The molecule has 0 saturated carbocycles. The van der Waals surface area contributed by atoms with Gasteiger partial charge in [-0.05, 0) is 30.7 Å². The molecule has 0 heterocycles. The third-order valence-corrected chi connectivity index (χ3v) is 3.85. The van der Waals surface area contributed by atoms with E-state index in [-0.39, 0.29) is 24.4 Å². The summed E-state index contributed by atoms with van der Waals surface area (Å²) >= 11 is 6.11. The molecule has 2 rings (SSSR count). The molecule has 0 saturated heterocycles. The van der Waals surface area contributed by atoms with E-state index in [1.54, 1.807) is 30.3 Å². The molecule has 24 heavy (non-hydrogen) atoms. The van der Waals surface area contributed by atoms with E-state index in [0.717, 1.165) is 5.56 Å². The minimum Gasteiger partial charge on any atom is -0.496 e. The Labute approximate surface area is 146 Å². The van der Waals surface area contributed by atoms with Crippen molar-refractivity contribution in [3.05, 3.63) is 64.7 Å². The predicted molar refractivity (Wildman–Crippen MR) is 93.3 cm³/mol. The summed E-state index contributed by atoms with van der Waals surface area (Å²) in [4.78, 5) is 24.2. The van der Waals surface area contributed by atoms with E-state index in [4.69, 9.17) is 16.3 Å². The van der Waals surface area contributed by atoms with Gasteiger partial charge in [0.1, 0.15) is 5.75 Å². The normalized spacial score (nSPS) is 11.5. The fourth-order valence-electron chi connectivity index (χ4n) is 2.28. The molecule has 0 aromatic heterocycles. The highest BCUT2D eigenvalue weighted by atomic mass is 35.5. The Balaban J connectivity index is 1.91. The van der Waals surface area contributed by atoms with Crippen LogP contribution in [-0.2, 0) is 4.79 Å². The zero-order valence-corrected chi connectivity index (χ0v) is 14.3. The number of hydrogen-bond acceptors (Lipinski definition) is 3. The second-order valence-corrected chi connectivity index (χ2v) is 5.60. The van der Waals surface area contributed by atoms with Gasteiger partial charge in [-0.3, -0.25) is 9.59 Å². The number of ether oxygens (including phenoxy) is 1. The number of rotatable bonds is 6. The average molecular weight is 347 g/mol. The highest BCUT2D eigenvalue weighted by Gasteiger charge is 2.15. The SMILES string of the molecule is COc1ccccc1C(=O)NCC(=O)NC(C)c1ccccc1Cl. The second kappa shape index (κ2) is 8.36. The summed E-state index contributed by atoms with van der Waals surface area (Å²) in [6.07, 6.45) is 0. The largest absolute Gasteiger partial charge is 0.496 e. The molecular weight excluding hydrogens is 328 g/mol. The quantitative estimate of drug-likeness (QED) is 0.845. The van der Waals surface area contributed by atoms with Crippen LogP contribution >= 0.6 is 11.6 Å². The minimum atomic E-state index is -0.368. The molecule has 0 bridgehead atoms. The van der Waals surface area contributed by atoms with Crippen molar-refractivity contribution in [2.24, 2.45) is 0 Å². The van der Waals surface area contributed by atoms with Gasteiger partial charge in [0, 0.05) is 5.02 Å². The molecule has 0 radical (unpaired) electrons. The van der Waals surface area contributed by atoms with Crippen molar-refractivity contribution in [3.8, 4) is 5.75 Å². The highest BCUT2D eigenvalue weighted by molar-refractivity contribution is 6.31. The van der Waals surface area contributed by atoms with Gasteiger partial charge in [0.2, 0.25) is 5.91 Å². The van der Waals surface area contributed by atoms with Crippen molar-refractivity contribution in [1.82, 2.24) is 10.6 Å². The number of benzene rings is 2. The van der Waals surface area contributed by atoms with E-state index in [9.17, 15) is 9.59 Å². The zero-order chi connectivity index (χ0) is 17.5. The lowest BCUT2D eigenvalue weighted by atomic mass is 10.1. The van der Waals surface area contributed by atoms with Crippen LogP contribution in [0.15, 0.2) is 48.5 Å². The molecule has 0 aliphatic rings. The van der Waals surface area contributed by atoms with Gasteiger partial charge in [-0.1, -0.05) is 41.9 Å². The summed E-state index contributed by atoms with van der Waals surface area (Å²) in [5, 5.41) is 5.97. The molecule has 0 spiro atoms. The van der Waals surface area contributed by atoms with Crippen molar-refractivity contribution in [2.45, 2.75) is 13.0 Å². The Morgan fingerprint density at radius 3 is 2.50 bits per heavy atom. The maximum atomic E-state index is 12.1. The van der Waals surface area contributed by atoms with E-state index in [0.29, 0.717) is 16.3 Å². The first kappa shape index (κ1) is 17.8. The molecule has 1 unspecified atom stereocenters. The lowest BCUT2D eigenvalue weighted by Crippen LogP contribution is -2.38. The number of para-hydroxylation sites is 1. The molecule has 5 nitrogen and oxygen atoms in total. The number of carbonyl (C=O) groups is 2. The summed E-state index contributed by atoms with van der Waals surface area (Å²) in [6.45, 7) is 1.70. The minimum absolute atomic E-state index is 0.133. The van der Waals surface area contributed by atoms with E-state index in [2.05, 4.69) is 10.6 Å². The lowest BCUT2D eigenvalue weighted by Gasteiger charge is -2.16. The summed E-state index contributed by atoms with van der Waals surface area (Å²) in [5.74, 6) is -0.210. The third kappa shape index (κ3) is 4.49. The Kier molecular flexibility index (Phi) is 6.21. The molecule has 1 atom stereocenters. The van der Waals surface area contributed by atoms with Crippen LogP contribution in [0.5, 0.6) is 5.75 Å². The third-order valence-electron chi connectivity index (χ3n) is 3.51. The van der Waals surface area contributed by atoms with Crippen molar-refractivity contribution in [2.75, 3.05) is 13.7 Å². The summed E-state index contributed by atoms with van der Waals surface area (Å²) < 4.78 is 5.13. The first-order valence-electron chi connectivity index (χ1n) is 7.48. The predicted octanol–water partition coefficient (Wildman–Crippen LogP) is 2.96. The van der Waals surface area contributed by atoms with Crippen molar-refractivity contribution in [3.63, 3.8) is 0 Å². The second-order valence-electron chi connectivity index (χ2n) is 5.19. The maximum absolute atomic E-state index is 12.1. The molecule has 2 aromatic rings. The lowest BCUT2D eigenvalue weighted by molar-refractivity contribution is -0.120. The van der Waals surface area contributed by atoms with Crippen molar-refractivity contribution in [1.29, 1.82) is 0 Å². The van der Waals surface area contributed by atoms with Crippen LogP contribution in [0.2, 0.25) is 5.02 Å². The Hall–Kier alpha value is -2.53. The molecular formula is C18H19ClN2O3. The van der Waals surface area contributed by atoms with Crippen LogP contribution in [0.25, 0.3) is 0 Å². The monoisotopic (exact) mass is 346 g/mol. The van der Waals surface area contributed by atoms with Gasteiger partial charge in [-0.25, -0.2) is 0 Å². The first-order chi connectivity index (χ1) is 11.5. The van der Waals surface area contributed by atoms with Gasteiger partial charge >= 0.3 is 0 Å². The van der Waals surface area contributed by atoms with Crippen LogP contribution in [0.4, 0.5) is 0 Å². The molecule has 2 amide bonds. The zero-order valence-electron chi connectivity index (χ0n) is 13.5. The summed E-state index contributed by atoms with van der Waals surface area (Å²) in [5.41, 5.74) is 1.20. The number of halogens is 1. The van der Waals surface area contributed by atoms with Crippen LogP contribution in [0.1, 0.15) is 28.9 Å². The van der Waals surface area contributed by atoms with Crippen molar-refractivity contribution >= 4 is 23.4 Å². The van der Waals surface area contributed by atoms with E-state index >= 15 is 0 Å². The number of hydrogen-bond donors (Lipinski definition) is 2.